The maximum atomic E-state index is 13.0. The Morgan fingerprint density at radius 3 is 2.94 bits per heavy atom. The van der Waals surface area contributed by atoms with Gasteiger partial charge < -0.3 is 5.32 Å². The van der Waals surface area contributed by atoms with Crippen molar-refractivity contribution in [3.8, 4) is 0 Å². The van der Waals surface area contributed by atoms with Gasteiger partial charge >= 0.3 is 0 Å². The molecule has 0 atom stereocenters. The summed E-state index contributed by atoms with van der Waals surface area (Å²) in [5.41, 5.74) is 1.32. The Morgan fingerprint density at radius 2 is 2.33 bits per heavy atom. The third-order valence-electron chi connectivity index (χ3n) is 2.39. The molecule has 0 unspecified atom stereocenters. The van der Waals surface area contributed by atoms with Crippen molar-refractivity contribution in [2.45, 2.75) is 6.54 Å². The number of carbonyl (C=O) groups excluding carboxylic acids is 1. The quantitative estimate of drug-likeness (QED) is 0.945. The van der Waals surface area contributed by atoms with E-state index in [0.717, 1.165) is 5.56 Å². The highest BCUT2D eigenvalue weighted by Crippen LogP contribution is 2.16. The fourth-order valence-electron chi connectivity index (χ4n) is 1.48. The minimum absolute atomic E-state index is 0.250. The van der Waals surface area contributed by atoms with Gasteiger partial charge in [0.15, 0.2) is 0 Å². The third-order valence-corrected chi connectivity index (χ3v) is 3.00. The molecular formula is C12H11BrFN3O. The summed E-state index contributed by atoms with van der Waals surface area (Å²) in [7, 11) is 1.81. The smallest absolute Gasteiger partial charge is 0.251 e. The van der Waals surface area contributed by atoms with Gasteiger partial charge in [-0.2, -0.15) is 5.10 Å². The van der Waals surface area contributed by atoms with E-state index >= 15 is 0 Å². The van der Waals surface area contributed by atoms with Crippen molar-refractivity contribution in [2.24, 2.45) is 7.05 Å². The van der Waals surface area contributed by atoms with Crippen molar-refractivity contribution < 1.29 is 9.18 Å². The molecule has 18 heavy (non-hydrogen) atoms. The van der Waals surface area contributed by atoms with Gasteiger partial charge in [-0.05, 0) is 34.1 Å². The van der Waals surface area contributed by atoms with Crippen LogP contribution in [-0.4, -0.2) is 15.7 Å². The van der Waals surface area contributed by atoms with Crippen LogP contribution in [0.25, 0.3) is 0 Å². The van der Waals surface area contributed by atoms with Crippen LogP contribution in [0.5, 0.6) is 0 Å². The van der Waals surface area contributed by atoms with E-state index in [1.54, 1.807) is 10.9 Å². The molecular weight excluding hydrogens is 301 g/mol. The normalized spacial score (nSPS) is 10.4. The van der Waals surface area contributed by atoms with Crippen LogP contribution in [0.4, 0.5) is 4.39 Å². The molecule has 6 heteroatoms. The molecule has 0 fully saturated rings. The summed E-state index contributed by atoms with van der Waals surface area (Å²) in [6.07, 6.45) is 3.50. The summed E-state index contributed by atoms with van der Waals surface area (Å²) in [5.74, 6) is -0.640. The van der Waals surface area contributed by atoms with Gasteiger partial charge in [-0.1, -0.05) is 0 Å². The second kappa shape index (κ2) is 5.30. The molecule has 0 spiro atoms. The van der Waals surface area contributed by atoms with Gasteiger partial charge in [0.1, 0.15) is 5.82 Å². The van der Waals surface area contributed by atoms with Crippen LogP contribution in [0, 0.1) is 5.82 Å². The average Bonchev–Trinajstić information content (AvgIpc) is 2.75. The molecule has 0 aliphatic carbocycles. The number of amides is 1. The standard InChI is InChI=1S/C12H11BrFN3O/c1-17-7-8(6-16-17)5-15-12(18)9-2-3-11(14)10(13)4-9/h2-4,6-7H,5H2,1H3,(H,15,18). The van der Waals surface area contributed by atoms with Crippen molar-refractivity contribution in [3.05, 3.63) is 52.0 Å². The minimum Gasteiger partial charge on any atom is -0.348 e. The number of nitrogens with zero attached hydrogens (tertiary/aromatic N) is 2. The SMILES string of the molecule is Cn1cc(CNC(=O)c2ccc(F)c(Br)c2)cn1. The lowest BCUT2D eigenvalue weighted by atomic mass is 10.2. The third kappa shape index (κ3) is 2.95. The summed E-state index contributed by atoms with van der Waals surface area (Å²) in [4.78, 5) is 11.8. The average molecular weight is 312 g/mol. The van der Waals surface area contributed by atoms with Gasteiger partial charge in [0.25, 0.3) is 5.91 Å². The molecule has 0 aliphatic rings. The maximum Gasteiger partial charge on any atom is 0.251 e. The zero-order chi connectivity index (χ0) is 13.1. The van der Waals surface area contributed by atoms with E-state index in [2.05, 4.69) is 26.3 Å². The minimum atomic E-state index is -0.390. The first-order valence-corrected chi connectivity index (χ1v) is 6.06. The number of nitrogens with one attached hydrogen (secondary N) is 1. The molecule has 0 radical (unpaired) electrons. The Labute approximate surface area is 112 Å². The number of halogens is 2. The van der Waals surface area contributed by atoms with Crippen LogP contribution in [-0.2, 0) is 13.6 Å². The second-order valence-electron chi connectivity index (χ2n) is 3.83. The predicted octanol–water partition coefficient (Wildman–Crippen LogP) is 2.25. The summed E-state index contributed by atoms with van der Waals surface area (Å²) in [6.45, 7) is 0.391. The largest absolute Gasteiger partial charge is 0.348 e. The van der Waals surface area contributed by atoms with Crippen LogP contribution in [0.2, 0.25) is 0 Å². The van der Waals surface area contributed by atoms with Gasteiger partial charge in [0.05, 0.1) is 10.7 Å². The van der Waals surface area contributed by atoms with E-state index in [0.29, 0.717) is 12.1 Å². The molecule has 2 rings (SSSR count). The van der Waals surface area contributed by atoms with Gasteiger partial charge in [-0.3, -0.25) is 9.48 Å². The number of hydrogen-bond acceptors (Lipinski definition) is 2. The van der Waals surface area contributed by atoms with Gasteiger partial charge in [-0.15, -0.1) is 0 Å². The molecule has 0 saturated carbocycles. The van der Waals surface area contributed by atoms with Gasteiger partial charge in [0, 0.05) is 30.9 Å². The van der Waals surface area contributed by atoms with Crippen LogP contribution in [0.3, 0.4) is 0 Å². The first-order valence-electron chi connectivity index (χ1n) is 5.27. The van der Waals surface area contributed by atoms with E-state index in [-0.39, 0.29) is 16.2 Å². The lowest BCUT2D eigenvalue weighted by Gasteiger charge is -2.04. The summed E-state index contributed by atoms with van der Waals surface area (Å²) in [5, 5.41) is 6.74. The van der Waals surface area contributed by atoms with E-state index in [9.17, 15) is 9.18 Å². The lowest BCUT2D eigenvalue weighted by molar-refractivity contribution is 0.0951. The summed E-state index contributed by atoms with van der Waals surface area (Å²) in [6, 6.07) is 4.15. The monoisotopic (exact) mass is 311 g/mol. The second-order valence-corrected chi connectivity index (χ2v) is 4.69. The van der Waals surface area contributed by atoms with E-state index in [1.807, 2.05) is 13.2 Å². The predicted molar refractivity (Wildman–Crippen MR) is 68.5 cm³/mol. The highest BCUT2D eigenvalue weighted by Gasteiger charge is 2.08. The van der Waals surface area contributed by atoms with Crippen molar-refractivity contribution in [3.63, 3.8) is 0 Å². The molecule has 1 heterocycles. The highest BCUT2D eigenvalue weighted by atomic mass is 79.9. The van der Waals surface area contributed by atoms with Crippen molar-refractivity contribution in [1.29, 1.82) is 0 Å². The zero-order valence-electron chi connectivity index (χ0n) is 9.65. The summed E-state index contributed by atoms with van der Waals surface area (Å²) < 4.78 is 15.0. The van der Waals surface area contributed by atoms with E-state index in [4.69, 9.17) is 0 Å². The summed E-state index contributed by atoms with van der Waals surface area (Å²) >= 11 is 3.05. The van der Waals surface area contributed by atoms with Crippen molar-refractivity contribution in [2.75, 3.05) is 0 Å². The van der Waals surface area contributed by atoms with Crippen LogP contribution in [0.15, 0.2) is 35.1 Å². The number of rotatable bonds is 3. The Balaban J connectivity index is 2.01. The first-order chi connectivity index (χ1) is 8.56. The molecule has 1 aromatic heterocycles. The molecule has 2 aromatic rings. The molecule has 1 N–H and O–H groups in total. The maximum absolute atomic E-state index is 13.0. The number of aromatic nitrogens is 2. The van der Waals surface area contributed by atoms with E-state index < -0.39 is 0 Å². The topological polar surface area (TPSA) is 46.9 Å². The number of carbonyl (C=O) groups is 1. The number of benzene rings is 1. The Morgan fingerprint density at radius 1 is 1.56 bits per heavy atom. The first kappa shape index (κ1) is 12.8. The van der Waals surface area contributed by atoms with E-state index in [1.165, 1.54) is 18.2 Å². The lowest BCUT2D eigenvalue weighted by Crippen LogP contribution is -2.22. The molecule has 0 aliphatic heterocycles. The van der Waals surface area contributed by atoms with Gasteiger partial charge in [-0.25, -0.2) is 4.39 Å². The Bertz CT molecular complexity index is 582. The number of aryl methyl sites for hydroxylation is 1. The zero-order valence-corrected chi connectivity index (χ0v) is 11.2. The fraction of sp³-hybridized carbons (Fsp3) is 0.167. The Kier molecular flexibility index (Phi) is 3.76. The molecule has 0 bridgehead atoms. The Hall–Kier alpha value is -1.69. The van der Waals surface area contributed by atoms with Crippen molar-refractivity contribution in [1.82, 2.24) is 15.1 Å². The highest BCUT2D eigenvalue weighted by molar-refractivity contribution is 9.10. The van der Waals surface area contributed by atoms with Crippen molar-refractivity contribution >= 4 is 21.8 Å². The molecule has 0 saturated heterocycles. The number of hydrogen-bond donors (Lipinski definition) is 1. The molecule has 1 amide bonds. The molecule has 1 aromatic carbocycles. The fourth-order valence-corrected chi connectivity index (χ4v) is 1.86. The van der Waals surface area contributed by atoms with Crippen LogP contribution >= 0.6 is 15.9 Å². The van der Waals surface area contributed by atoms with Gasteiger partial charge in [0.2, 0.25) is 0 Å². The van der Waals surface area contributed by atoms with Crippen LogP contribution in [0.1, 0.15) is 15.9 Å². The molecule has 4 nitrogen and oxygen atoms in total. The molecule has 94 valence electrons. The van der Waals surface area contributed by atoms with Crippen LogP contribution < -0.4 is 5.32 Å².